The number of hydrogen-bond acceptors (Lipinski definition) is 4. The van der Waals surface area contributed by atoms with E-state index in [0.717, 1.165) is 31.9 Å². The molecule has 1 N–H and O–H groups in total. The molecule has 2 unspecified atom stereocenters. The summed E-state index contributed by atoms with van der Waals surface area (Å²) in [6, 6.07) is 2.40. The van der Waals surface area contributed by atoms with Gasteiger partial charge in [0.05, 0.1) is 19.4 Å². The first-order chi connectivity index (χ1) is 9.35. The molecule has 2 rings (SSSR count). The molecule has 1 aliphatic rings. The lowest BCUT2D eigenvalue weighted by Gasteiger charge is -2.31. The van der Waals surface area contributed by atoms with Gasteiger partial charge in [-0.3, -0.25) is 4.98 Å². The standard InChI is InChI=1S/C15H24N2O2/c1-3-17-15(12-6-5-7-18-11-12)13-8-14(19-4-2)10-16-9-13/h8-10,12,15,17H,3-7,11H2,1-2H3. The van der Waals surface area contributed by atoms with Crippen molar-refractivity contribution < 1.29 is 9.47 Å². The van der Waals surface area contributed by atoms with Crippen molar-refractivity contribution in [1.82, 2.24) is 10.3 Å². The molecule has 19 heavy (non-hydrogen) atoms. The highest BCUT2D eigenvalue weighted by molar-refractivity contribution is 5.26. The Morgan fingerprint density at radius 3 is 3.05 bits per heavy atom. The molecule has 1 aliphatic heterocycles. The van der Waals surface area contributed by atoms with E-state index < -0.39 is 0 Å². The molecule has 0 bridgehead atoms. The fourth-order valence-electron chi connectivity index (χ4n) is 2.66. The Morgan fingerprint density at radius 1 is 1.47 bits per heavy atom. The van der Waals surface area contributed by atoms with Gasteiger partial charge < -0.3 is 14.8 Å². The Kier molecular flexibility index (Phi) is 5.61. The molecule has 0 aromatic carbocycles. The van der Waals surface area contributed by atoms with E-state index in [2.05, 4.69) is 23.3 Å². The highest BCUT2D eigenvalue weighted by Crippen LogP contribution is 2.29. The van der Waals surface area contributed by atoms with Crippen molar-refractivity contribution in [1.29, 1.82) is 0 Å². The molecular weight excluding hydrogens is 240 g/mol. The number of nitrogens with zero attached hydrogens (tertiary/aromatic N) is 1. The molecule has 0 aliphatic carbocycles. The molecule has 0 spiro atoms. The van der Waals surface area contributed by atoms with Gasteiger partial charge in [0.2, 0.25) is 0 Å². The van der Waals surface area contributed by atoms with Gasteiger partial charge in [0.1, 0.15) is 5.75 Å². The van der Waals surface area contributed by atoms with E-state index >= 15 is 0 Å². The molecule has 0 amide bonds. The van der Waals surface area contributed by atoms with E-state index in [4.69, 9.17) is 9.47 Å². The minimum atomic E-state index is 0.304. The van der Waals surface area contributed by atoms with E-state index in [9.17, 15) is 0 Å². The maximum absolute atomic E-state index is 5.62. The first-order valence-corrected chi connectivity index (χ1v) is 7.24. The largest absolute Gasteiger partial charge is 0.492 e. The van der Waals surface area contributed by atoms with E-state index in [1.54, 1.807) is 6.20 Å². The maximum atomic E-state index is 5.62. The smallest absolute Gasteiger partial charge is 0.137 e. The van der Waals surface area contributed by atoms with Crippen LogP contribution in [0.4, 0.5) is 0 Å². The third kappa shape index (κ3) is 3.91. The Morgan fingerprint density at radius 2 is 2.37 bits per heavy atom. The summed E-state index contributed by atoms with van der Waals surface area (Å²) in [6.07, 6.45) is 6.06. The molecule has 0 saturated carbocycles. The Balaban J connectivity index is 2.14. The predicted molar refractivity (Wildman–Crippen MR) is 75.4 cm³/mol. The maximum Gasteiger partial charge on any atom is 0.137 e. The van der Waals surface area contributed by atoms with Crippen LogP contribution in [-0.2, 0) is 4.74 Å². The normalized spacial score (nSPS) is 21.1. The van der Waals surface area contributed by atoms with Crippen molar-refractivity contribution in [2.24, 2.45) is 5.92 Å². The van der Waals surface area contributed by atoms with Crippen LogP contribution in [0.1, 0.15) is 38.3 Å². The van der Waals surface area contributed by atoms with Gasteiger partial charge >= 0.3 is 0 Å². The van der Waals surface area contributed by atoms with Gasteiger partial charge in [-0.15, -0.1) is 0 Å². The van der Waals surface area contributed by atoms with Crippen molar-refractivity contribution >= 4 is 0 Å². The quantitative estimate of drug-likeness (QED) is 0.857. The molecule has 1 aromatic rings. The van der Waals surface area contributed by atoms with E-state index in [-0.39, 0.29) is 0 Å². The monoisotopic (exact) mass is 264 g/mol. The molecule has 2 heterocycles. The minimum Gasteiger partial charge on any atom is -0.492 e. The molecule has 1 fully saturated rings. The Hall–Kier alpha value is -1.13. The molecule has 1 saturated heterocycles. The van der Waals surface area contributed by atoms with Crippen LogP contribution in [0.2, 0.25) is 0 Å². The molecule has 2 atom stereocenters. The molecule has 4 heteroatoms. The summed E-state index contributed by atoms with van der Waals surface area (Å²) in [6.45, 7) is 7.46. The summed E-state index contributed by atoms with van der Waals surface area (Å²) < 4.78 is 11.2. The van der Waals surface area contributed by atoms with Crippen LogP contribution >= 0.6 is 0 Å². The van der Waals surface area contributed by atoms with Crippen LogP contribution < -0.4 is 10.1 Å². The highest BCUT2D eigenvalue weighted by atomic mass is 16.5. The second kappa shape index (κ2) is 7.46. The third-order valence-corrected chi connectivity index (χ3v) is 3.50. The second-order valence-electron chi connectivity index (χ2n) is 4.90. The van der Waals surface area contributed by atoms with Crippen LogP contribution in [0.3, 0.4) is 0 Å². The lowest BCUT2D eigenvalue weighted by Crippen LogP contribution is -2.33. The van der Waals surface area contributed by atoms with Crippen LogP contribution in [0.25, 0.3) is 0 Å². The van der Waals surface area contributed by atoms with Gasteiger partial charge in [-0.05, 0) is 37.9 Å². The lowest BCUT2D eigenvalue weighted by molar-refractivity contribution is 0.0392. The van der Waals surface area contributed by atoms with E-state index in [1.807, 2.05) is 13.1 Å². The van der Waals surface area contributed by atoms with Gasteiger partial charge in [0, 0.05) is 24.8 Å². The summed E-state index contributed by atoms with van der Waals surface area (Å²) in [5.74, 6) is 1.37. The van der Waals surface area contributed by atoms with Crippen LogP contribution in [0.15, 0.2) is 18.5 Å². The molecule has 1 aromatic heterocycles. The van der Waals surface area contributed by atoms with Crippen LogP contribution in [-0.4, -0.2) is 31.3 Å². The summed E-state index contributed by atoms with van der Waals surface area (Å²) in [4.78, 5) is 4.30. The van der Waals surface area contributed by atoms with Crippen LogP contribution in [0, 0.1) is 5.92 Å². The number of ether oxygens (including phenoxy) is 2. The number of aromatic nitrogens is 1. The van der Waals surface area contributed by atoms with Gasteiger partial charge in [-0.1, -0.05) is 6.92 Å². The molecular formula is C15H24N2O2. The fourth-order valence-corrected chi connectivity index (χ4v) is 2.66. The van der Waals surface area contributed by atoms with Crippen molar-refractivity contribution in [3.8, 4) is 5.75 Å². The summed E-state index contributed by atoms with van der Waals surface area (Å²) in [5, 5.41) is 3.56. The van der Waals surface area contributed by atoms with Crippen molar-refractivity contribution in [3.63, 3.8) is 0 Å². The SMILES string of the molecule is CCNC(c1cncc(OCC)c1)C1CCCOC1. The summed E-state index contributed by atoms with van der Waals surface area (Å²) in [5.41, 5.74) is 1.20. The Bertz CT molecular complexity index is 378. The highest BCUT2D eigenvalue weighted by Gasteiger charge is 2.25. The molecule has 106 valence electrons. The van der Waals surface area contributed by atoms with Crippen LogP contribution in [0.5, 0.6) is 5.75 Å². The minimum absolute atomic E-state index is 0.304. The van der Waals surface area contributed by atoms with Gasteiger partial charge in [-0.2, -0.15) is 0 Å². The topological polar surface area (TPSA) is 43.4 Å². The second-order valence-corrected chi connectivity index (χ2v) is 4.90. The van der Waals surface area contributed by atoms with Crippen molar-refractivity contribution in [2.45, 2.75) is 32.7 Å². The summed E-state index contributed by atoms with van der Waals surface area (Å²) >= 11 is 0. The zero-order valence-electron chi connectivity index (χ0n) is 11.9. The average Bonchev–Trinajstić information content (AvgIpc) is 2.46. The zero-order valence-corrected chi connectivity index (χ0v) is 11.9. The fraction of sp³-hybridized carbons (Fsp3) is 0.667. The number of hydrogen-bond donors (Lipinski definition) is 1. The van der Waals surface area contributed by atoms with Crippen molar-refractivity contribution in [2.75, 3.05) is 26.4 Å². The number of pyridine rings is 1. The molecule has 0 radical (unpaired) electrons. The van der Waals surface area contributed by atoms with Gasteiger partial charge in [0.15, 0.2) is 0 Å². The average molecular weight is 264 g/mol. The van der Waals surface area contributed by atoms with Gasteiger partial charge in [0.25, 0.3) is 0 Å². The predicted octanol–water partition coefficient (Wildman–Crippen LogP) is 2.56. The lowest BCUT2D eigenvalue weighted by atomic mass is 9.89. The van der Waals surface area contributed by atoms with E-state index in [1.165, 1.54) is 12.0 Å². The molecule has 4 nitrogen and oxygen atoms in total. The van der Waals surface area contributed by atoms with Gasteiger partial charge in [-0.25, -0.2) is 0 Å². The zero-order chi connectivity index (χ0) is 13.5. The first-order valence-electron chi connectivity index (χ1n) is 7.24. The number of rotatable bonds is 6. The van der Waals surface area contributed by atoms with E-state index in [0.29, 0.717) is 18.6 Å². The number of nitrogens with one attached hydrogen (secondary N) is 1. The third-order valence-electron chi connectivity index (χ3n) is 3.50. The first kappa shape index (κ1) is 14.3. The Labute approximate surface area is 115 Å². The summed E-state index contributed by atoms with van der Waals surface area (Å²) in [7, 11) is 0. The van der Waals surface area contributed by atoms with Crippen molar-refractivity contribution in [3.05, 3.63) is 24.0 Å².